The third-order valence-electron chi connectivity index (χ3n) is 5.50. The van der Waals surface area contributed by atoms with Gasteiger partial charge in [0.25, 0.3) is 5.91 Å². The van der Waals surface area contributed by atoms with E-state index in [9.17, 15) is 18.0 Å². The highest BCUT2D eigenvalue weighted by Gasteiger charge is 2.34. The van der Waals surface area contributed by atoms with Crippen LogP contribution in [0.3, 0.4) is 0 Å². The molecule has 0 aliphatic carbocycles. The number of halogens is 3. The fourth-order valence-corrected chi connectivity index (χ4v) is 3.85. The number of aromatic nitrogens is 2. The maximum absolute atomic E-state index is 12.9. The minimum Gasteiger partial charge on any atom is -0.454 e. The normalized spacial score (nSPS) is 15.4. The summed E-state index contributed by atoms with van der Waals surface area (Å²) in [6.45, 7) is 1.65. The Morgan fingerprint density at radius 1 is 0.971 bits per heavy atom. The van der Waals surface area contributed by atoms with Crippen molar-refractivity contribution in [2.24, 2.45) is 0 Å². The fourth-order valence-electron chi connectivity index (χ4n) is 3.85. The molecule has 0 radical (unpaired) electrons. The first kappa shape index (κ1) is 21.8. The number of para-hydroxylation sites is 1. The molecule has 11 heteroatoms. The lowest BCUT2D eigenvalue weighted by molar-refractivity contribution is -0.274. The summed E-state index contributed by atoms with van der Waals surface area (Å²) in [5.74, 6) is 0.806. The molecule has 0 spiro atoms. The van der Waals surface area contributed by atoms with Crippen molar-refractivity contribution in [1.29, 1.82) is 0 Å². The predicted molar refractivity (Wildman–Crippen MR) is 115 cm³/mol. The molecule has 1 aromatic heterocycles. The van der Waals surface area contributed by atoms with Crippen LogP contribution in [0.5, 0.6) is 17.2 Å². The first-order valence-corrected chi connectivity index (χ1v) is 10.5. The van der Waals surface area contributed by atoms with Crippen LogP contribution in [0.25, 0.3) is 11.3 Å². The number of rotatable bonds is 4. The predicted octanol–water partition coefficient (Wildman–Crippen LogP) is 3.73. The second-order valence-electron chi connectivity index (χ2n) is 7.63. The lowest BCUT2D eigenvalue weighted by Gasteiger charge is -2.35. The standard InChI is InChI=1S/C23H19F3N4O4/c24-23(25,26)34-18-4-2-1-3-16(18)21(31)29-9-11-30(12-10-29)22-27-8-7-17(28-22)15-5-6-19-20(13-15)33-14-32-19/h1-8,13H,9-12,14H2. The zero-order valence-electron chi connectivity index (χ0n) is 17.8. The maximum atomic E-state index is 12.9. The van der Waals surface area contributed by atoms with E-state index in [4.69, 9.17) is 9.47 Å². The number of piperazine rings is 1. The van der Waals surface area contributed by atoms with Crippen molar-refractivity contribution in [3.63, 3.8) is 0 Å². The van der Waals surface area contributed by atoms with Crippen molar-refractivity contribution in [3.05, 3.63) is 60.3 Å². The number of alkyl halides is 3. The van der Waals surface area contributed by atoms with E-state index in [1.54, 1.807) is 12.3 Å². The van der Waals surface area contributed by atoms with E-state index in [1.807, 2.05) is 23.1 Å². The van der Waals surface area contributed by atoms with Gasteiger partial charge in [0.1, 0.15) is 5.75 Å². The zero-order chi connectivity index (χ0) is 23.7. The van der Waals surface area contributed by atoms with E-state index in [2.05, 4.69) is 14.7 Å². The molecule has 1 saturated heterocycles. The molecular formula is C23H19F3N4O4. The molecule has 3 heterocycles. The molecular weight excluding hydrogens is 453 g/mol. The Kier molecular flexibility index (Phi) is 5.60. The van der Waals surface area contributed by atoms with Crippen LogP contribution >= 0.6 is 0 Å². The highest BCUT2D eigenvalue weighted by atomic mass is 19.4. The third-order valence-corrected chi connectivity index (χ3v) is 5.50. The summed E-state index contributed by atoms with van der Waals surface area (Å²) < 4.78 is 52.9. The largest absolute Gasteiger partial charge is 0.573 e. The Bertz CT molecular complexity index is 1210. The van der Waals surface area contributed by atoms with Crippen LogP contribution in [0.15, 0.2) is 54.7 Å². The van der Waals surface area contributed by atoms with Gasteiger partial charge in [-0.25, -0.2) is 9.97 Å². The minimum absolute atomic E-state index is 0.130. The number of nitrogens with zero attached hydrogens (tertiary/aromatic N) is 4. The Morgan fingerprint density at radius 3 is 2.53 bits per heavy atom. The molecule has 0 N–H and O–H groups in total. The van der Waals surface area contributed by atoms with Gasteiger partial charge in [0.05, 0.1) is 11.3 Å². The molecule has 0 unspecified atom stereocenters. The third kappa shape index (κ3) is 4.54. The van der Waals surface area contributed by atoms with Crippen LogP contribution in [0.2, 0.25) is 0 Å². The zero-order valence-corrected chi connectivity index (χ0v) is 17.8. The summed E-state index contributed by atoms with van der Waals surface area (Å²) in [5.41, 5.74) is 1.43. The average Bonchev–Trinajstić information content (AvgIpc) is 3.31. The molecule has 1 amide bonds. The van der Waals surface area contributed by atoms with Crippen molar-refractivity contribution in [2.75, 3.05) is 37.9 Å². The highest BCUT2D eigenvalue weighted by Crippen LogP contribution is 2.35. The number of fused-ring (bicyclic) bond motifs is 1. The Hall–Kier alpha value is -4.02. The Balaban J connectivity index is 1.27. The van der Waals surface area contributed by atoms with E-state index in [0.29, 0.717) is 49.3 Å². The SMILES string of the molecule is O=C(c1ccccc1OC(F)(F)F)N1CCN(c2nccc(-c3ccc4c(c3)OCO4)n2)CC1. The lowest BCUT2D eigenvalue weighted by Crippen LogP contribution is -2.49. The number of carbonyl (C=O) groups is 1. The van der Waals surface area contributed by atoms with Crippen molar-refractivity contribution >= 4 is 11.9 Å². The number of carbonyl (C=O) groups excluding carboxylic acids is 1. The van der Waals surface area contributed by atoms with Gasteiger partial charge in [0.15, 0.2) is 11.5 Å². The minimum atomic E-state index is -4.88. The summed E-state index contributed by atoms with van der Waals surface area (Å²) in [6.07, 6.45) is -3.22. The molecule has 0 bridgehead atoms. The number of amides is 1. The Labute approximate surface area is 192 Å². The number of ether oxygens (including phenoxy) is 3. The van der Waals surface area contributed by atoms with E-state index in [1.165, 1.54) is 23.1 Å². The molecule has 34 heavy (non-hydrogen) atoms. The first-order valence-electron chi connectivity index (χ1n) is 10.5. The van der Waals surface area contributed by atoms with Crippen molar-refractivity contribution in [3.8, 4) is 28.5 Å². The topological polar surface area (TPSA) is 77.0 Å². The molecule has 2 aliphatic heterocycles. The number of anilines is 1. The first-order chi connectivity index (χ1) is 16.4. The van der Waals surface area contributed by atoms with Crippen molar-refractivity contribution in [2.45, 2.75) is 6.36 Å². The monoisotopic (exact) mass is 472 g/mol. The highest BCUT2D eigenvalue weighted by molar-refractivity contribution is 5.97. The molecule has 176 valence electrons. The molecule has 8 nitrogen and oxygen atoms in total. The molecule has 0 saturated carbocycles. The van der Waals surface area contributed by atoms with Gasteiger partial charge >= 0.3 is 6.36 Å². The van der Waals surface area contributed by atoms with Crippen molar-refractivity contribution < 1.29 is 32.2 Å². The van der Waals surface area contributed by atoms with Crippen molar-refractivity contribution in [1.82, 2.24) is 14.9 Å². The van der Waals surface area contributed by atoms with Crippen LogP contribution in [0.1, 0.15) is 10.4 Å². The van der Waals surface area contributed by atoms with Gasteiger partial charge in [-0.2, -0.15) is 0 Å². The summed E-state index contributed by atoms with van der Waals surface area (Å²) in [7, 11) is 0. The number of hydrogen-bond acceptors (Lipinski definition) is 7. The van der Waals surface area contributed by atoms with E-state index < -0.39 is 18.0 Å². The smallest absolute Gasteiger partial charge is 0.454 e. The van der Waals surface area contributed by atoms with Crippen LogP contribution in [-0.4, -0.2) is 60.1 Å². The van der Waals surface area contributed by atoms with E-state index >= 15 is 0 Å². The number of hydrogen-bond donors (Lipinski definition) is 0. The molecule has 1 fully saturated rings. The molecule has 3 aromatic rings. The second-order valence-corrected chi connectivity index (χ2v) is 7.63. The van der Waals surface area contributed by atoms with Gasteiger partial charge < -0.3 is 24.0 Å². The van der Waals surface area contributed by atoms with Gasteiger partial charge in [-0.1, -0.05) is 12.1 Å². The van der Waals surface area contributed by atoms with Crippen LogP contribution < -0.4 is 19.1 Å². The van der Waals surface area contributed by atoms with Gasteiger partial charge in [-0.3, -0.25) is 4.79 Å². The summed E-state index contributed by atoms with van der Waals surface area (Å²) in [5, 5.41) is 0. The van der Waals surface area contributed by atoms with E-state index in [-0.39, 0.29) is 12.4 Å². The average molecular weight is 472 g/mol. The molecule has 5 rings (SSSR count). The maximum Gasteiger partial charge on any atom is 0.573 e. The molecule has 2 aromatic carbocycles. The van der Waals surface area contributed by atoms with Gasteiger partial charge in [-0.15, -0.1) is 13.2 Å². The Morgan fingerprint density at radius 2 is 1.74 bits per heavy atom. The van der Waals surface area contributed by atoms with Crippen LogP contribution in [0.4, 0.5) is 19.1 Å². The molecule has 0 atom stereocenters. The van der Waals surface area contributed by atoms with Crippen LogP contribution in [0, 0.1) is 0 Å². The fraction of sp³-hybridized carbons (Fsp3) is 0.261. The summed E-state index contributed by atoms with van der Waals surface area (Å²) in [6, 6.07) is 12.7. The second kappa shape index (κ2) is 8.73. The summed E-state index contributed by atoms with van der Waals surface area (Å²) in [4.78, 5) is 25.3. The quantitative estimate of drug-likeness (QED) is 0.573. The van der Waals surface area contributed by atoms with Gasteiger partial charge in [0.2, 0.25) is 12.7 Å². The van der Waals surface area contributed by atoms with Gasteiger partial charge in [-0.05, 0) is 36.4 Å². The number of benzene rings is 2. The molecule has 2 aliphatic rings. The van der Waals surface area contributed by atoms with Gasteiger partial charge in [0, 0.05) is 37.9 Å². The van der Waals surface area contributed by atoms with Crippen LogP contribution in [-0.2, 0) is 0 Å². The lowest BCUT2D eigenvalue weighted by atomic mass is 10.1. The summed E-state index contributed by atoms with van der Waals surface area (Å²) >= 11 is 0. The van der Waals surface area contributed by atoms with E-state index in [0.717, 1.165) is 11.6 Å².